The van der Waals surface area contributed by atoms with Gasteiger partial charge in [-0.2, -0.15) is 0 Å². The van der Waals surface area contributed by atoms with Crippen molar-refractivity contribution in [1.82, 2.24) is 9.38 Å². The van der Waals surface area contributed by atoms with Gasteiger partial charge in [0, 0.05) is 18.2 Å². The third kappa shape index (κ3) is 1.84. The Hall–Kier alpha value is -1.35. The number of nitrogens with zero attached hydrogens (tertiary/aromatic N) is 2. The minimum Gasteiger partial charge on any atom is -0.321 e. The molecule has 1 aliphatic rings. The molecule has 0 aliphatic heterocycles. The molecule has 0 amide bonds. The van der Waals surface area contributed by atoms with E-state index >= 15 is 0 Å². The van der Waals surface area contributed by atoms with Gasteiger partial charge in [0.25, 0.3) is 0 Å². The van der Waals surface area contributed by atoms with Crippen molar-refractivity contribution in [3.05, 3.63) is 35.9 Å². The summed E-state index contributed by atoms with van der Waals surface area (Å²) in [5.74, 6) is 1.76. The van der Waals surface area contributed by atoms with Crippen LogP contribution in [0.3, 0.4) is 0 Å². The number of pyridine rings is 1. The molecule has 3 rings (SSSR count). The van der Waals surface area contributed by atoms with Crippen molar-refractivity contribution in [3.63, 3.8) is 0 Å². The van der Waals surface area contributed by atoms with Gasteiger partial charge in [-0.25, -0.2) is 4.98 Å². The zero-order valence-electron chi connectivity index (χ0n) is 10.5. The van der Waals surface area contributed by atoms with Gasteiger partial charge in [-0.1, -0.05) is 19.9 Å². The van der Waals surface area contributed by atoms with Gasteiger partial charge >= 0.3 is 0 Å². The quantitative estimate of drug-likeness (QED) is 0.878. The average molecular weight is 229 g/mol. The molecule has 3 nitrogen and oxygen atoms in total. The molecule has 2 aromatic heterocycles. The van der Waals surface area contributed by atoms with Gasteiger partial charge in [-0.3, -0.25) is 0 Å². The predicted molar refractivity (Wildman–Crippen MR) is 68.8 cm³/mol. The summed E-state index contributed by atoms with van der Waals surface area (Å²) in [6.07, 6.45) is 7.33. The minimum atomic E-state index is -0.0619. The summed E-state index contributed by atoms with van der Waals surface area (Å²) < 4.78 is 2.20. The van der Waals surface area contributed by atoms with Crippen LogP contribution in [0.1, 0.15) is 38.1 Å². The second kappa shape index (κ2) is 3.57. The van der Waals surface area contributed by atoms with E-state index in [1.54, 1.807) is 0 Å². The van der Waals surface area contributed by atoms with Crippen molar-refractivity contribution in [3.8, 4) is 0 Å². The zero-order valence-corrected chi connectivity index (χ0v) is 10.5. The topological polar surface area (TPSA) is 43.3 Å². The molecule has 0 atom stereocenters. The molecule has 2 heterocycles. The fourth-order valence-electron chi connectivity index (χ4n) is 2.28. The largest absolute Gasteiger partial charge is 0.321 e. The third-order valence-electron chi connectivity index (χ3n) is 3.56. The van der Waals surface area contributed by atoms with Gasteiger partial charge in [0.1, 0.15) is 5.82 Å². The number of hydrogen-bond donors (Lipinski definition) is 1. The lowest BCUT2D eigenvalue weighted by molar-refractivity contribution is 0.617. The molecule has 0 spiro atoms. The van der Waals surface area contributed by atoms with E-state index in [9.17, 15) is 0 Å². The average Bonchev–Trinajstić information content (AvgIpc) is 2.91. The number of fused-ring (bicyclic) bond motifs is 1. The number of hydrogen-bond acceptors (Lipinski definition) is 2. The summed E-state index contributed by atoms with van der Waals surface area (Å²) in [4.78, 5) is 4.50. The van der Waals surface area contributed by atoms with Gasteiger partial charge in [-0.15, -0.1) is 0 Å². The van der Waals surface area contributed by atoms with Gasteiger partial charge < -0.3 is 10.1 Å². The van der Waals surface area contributed by atoms with E-state index in [4.69, 9.17) is 5.73 Å². The van der Waals surface area contributed by atoms with Crippen molar-refractivity contribution in [2.24, 2.45) is 11.7 Å². The molecule has 0 bridgehead atoms. The number of imidazole rings is 1. The first kappa shape index (κ1) is 10.8. The Morgan fingerprint density at radius 2 is 2.18 bits per heavy atom. The number of nitrogens with two attached hydrogens (primary N) is 1. The SMILES string of the molecule is CC(C)Cc1ncc2ccc(C3(N)CC3)cn12. The van der Waals surface area contributed by atoms with Gasteiger partial charge in [-0.05, 0) is 30.4 Å². The Morgan fingerprint density at radius 1 is 1.41 bits per heavy atom. The third-order valence-corrected chi connectivity index (χ3v) is 3.56. The maximum atomic E-state index is 6.25. The summed E-state index contributed by atoms with van der Waals surface area (Å²) in [5, 5.41) is 0. The van der Waals surface area contributed by atoms with Gasteiger partial charge in [0.05, 0.1) is 11.7 Å². The maximum Gasteiger partial charge on any atom is 0.113 e. The summed E-state index contributed by atoms with van der Waals surface area (Å²) in [6.45, 7) is 4.44. The molecule has 2 N–H and O–H groups in total. The molecule has 0 radical (unpaired) electrons. The molecule has 0 unspecified atom stereocenters. The summed E-state index contributed by atoms with van der Waals surface area (Å²) in [5.41, 5.74) is 8.59. The normalized spacial score (nSPS) is 17.9. The van der Waals surface area contributed by atoms with Crippen molar-refractivity contribution in [1.29, 1.82) is 0 Å². The Morgan fingerprint density at radius 3 is 2.82 bits per heavy atom. The van der Waals surface area contributed by atoms with Crippen LogP contribution in [0.25, 0.3) is 5.52 Å². The van der Waals surface area contributed by atoms with E-state index < -0.39 is 0 Å². The molecular formula is C14H19N3. The molecule has 17 heavy (non-hydrogen) atoms. The molecule has 2 aromatic rings. The molecule has 3 heteroatoms. The Labute approximate surface area is 102 Å². The van der Waals surface area contributed by atoms with Crippen molar-refractivity contribution in [2.75, 3.05) is 0 Å². The summed E-state index contributed by atoms with van der Waals surface area (Å²) >= 11 is 0. The highest BCUT2D eigenvalue weighted by Gasteiger charge is 2.40. The Balaban J connectivity index is 2.06. The first-order chi connectivity index (χ1) is 8.08. The first-order valence-electron chi connectivity index (χ1n) is 6.34. The lowest BCUT2D eigenvalue weighted by Gasteiger charge is -2.11. The van der Waals surface area contributed by atoms with Crippen LogP contribution >= 0.6 is 0 Å². The minimum absolute atomic E-state index is 0.0619. The van der Waals surface area contributed by atoms with Crippen molar-refractivity contribution < 1.29 is 0 Å². The van der Waals surface area contributed by atoms with Crippen LogP contribution in [0.5, 0.6) is 0 Å². The standard InChI is InChI=1S/C14H19N3/c1-10(2)7-13-16-8-12-4-3-11(9-17(12)13)14(15)5-6-14/h3-4,8-10H,5-7,15H2,1-2H3. The molecular weight excluding hydrogens is 210 g/mol. The van der Waals surface area contributed by atoms with Gasteiger partial charge in [0.15, 0.2) is 0 Å². The van der Waals surface area contributed by atoms with E-state index in [2.05, 4.69) is 41.6 Å². The highest BCUT2D eigenvalue weighted by molar-refractivity contribution is 5.48. The van der Waals surface area contributed by atoms with Crippen LogP contribution in [-0.4, -0.2) is 9.38 Å². The molecule has 90 valence electrons. The molecule has 0 saturated heterocycles. The first-order valence-corrected chi connectivity index (χ1v) is 6.34. The summed E-state index contributed by atoms with van der Waals surface area (Å²) in [6, 6.07) is 4.27. The van der Waals surface area contributed by atoms with Crippen molar-refractivity contribution >= 4 is 5.52 Å². The highest BCUT2D eigenvalue weighted by atomic mass is 15.0. The lowest BCUT2D eigenvalue weighted by atomic mass is 10.1. The van der Waals surface area contributed by atoms with Crippen LogP contribution in [0.15, 0.2) is 24.5 Å². The van der Waals surface area contributed by atoms with E-state index in [-0.39, 0.29) is 5.54 Å². The monoisotopic (exact) mass is 229 g/mol. The van der Waals surface area contributed by atoms with Crippen LogP contribution < -0.4 is 5.73 Å². The molecule has 0 aromatic carbocycles. The highest BCUT2D eigenvalue weighted by Crippen LogP contribution is 2.42. The predicted octanol–water partition coefficient (Wildman–Crippen LogP) is 2.48. The Bertz CT molecular complexity index is 550. The second-order valence-corrected chi connectivity index (χ2v) is 5.64. The smallest absolute Gasteiger partial charge is 0.113 e. The van der Waals surface area contributed by atoms with Gasteiger partial charge in [0.2, 0.25) is 0 Å². The second-order valence-electron chi connectivity index (χ2n) is 5.64. The van der Waals surface area contributed by atoms with E-state index in [1.807, 2.05) is 6.20 Å². The fraction of sp³-hybridized carbons (Fsp3) is 0.500. The fourth-order valence-corrected chi connectivity index (χ4v) is 2.28. The van der Waals surface area contributed by atoms with E-state index in [0.29, 0.717) is 5.92 Å². The number of rotatable bonds is 3. The Kier molecular flexibility index (Phi) is 2.26. The lowest BCUT2D eigenvalue weighted by Crippen LogP contribution is -2.19. The van der Waals surface area contributed by atoms with Crippen molar-refractivity contribution in [2.45, 2.75) is 38.6 Å². The number of aromatic nitrogens is 2. The summed E-state index contributed by atoms with van der Waals surface area (Å²) in [7, 11) is 0. The molecule has 1 aliphatic carbocycles. The maximum absolute atomic E-state index is 6.25. The van der Waals surface area contributed by atoms with Crippen LogP contribution in [0.4, 0.5) is 0 Å². The van der Waals surface area contributed by atoms with Crippen LogP contribution in [0, 0.1) is 5.92 Å². The zero-order chi connectivity index (χ0) is 12.0. The molecule has 1 saturated carbocycles. The van der Waals surface area contributed by atoms with E-state index in [0.717, 1.165) is 30.6 Å². The van der Waals surface area contributed by atoms with Crippen LogP contribution in [0.2, 0.25) is 0 Å². The van der Waals surface area contributed by atoms with E-state index in [1.165, 1.54) is 5.56 Å². The molecule has 1 fully saturated rings. The van der Waals surface area contributed by atoms with Crippen LogP contribution in [-0.2, 0) is 12.0 Å².